The quantitative estimate of drug-likeness (QED) is 0.677. The minimum absolute atomic E-state index is 0.0275. The molecule has 1 saturated heterocycles. The molecule has 0 spiro atoms. The second kappa shape index (κ2) is 7.97. The van der Waals surface area contributed by atoms with Crippen LogP contribution >= 0.6 is 0 Å². The van der Waals surface area contributed by atoms with Crippen molar-refractivity contribution in [3.05, 3.63) is 30.3 Å². The van der Waals surface area contributed by atoms with Crippen molar-refractivity contribution >= 4 is 10.0 Å². The van der Waals surface area contributed by atoms with Gasteiger partial charge in [-0.05, 0) is 12.1 Å². The Morgan fingerprint density at radius 3 is 2.64 bits per heavy atom. The molecule has 1 aromatic carbocycles. The number of sulfonamides is 1. The summed E-state index contributed by atoms with van der Waals surface area (Å²) in [4.78, 5) is 2.65. The van der Waals surface area contributed by atoms with Gasteiger partial charge in [0.25, 0.3) is 10.0 Å². The maximum atomic E-state index is 12.4. The summed E-state index contributed by atoms with van der Waals surface area (Å²) in [6, 6.07) is 8.08. The highest BCUT2D eigenvalue weighted by atomic mass is 32.2. The van der Waals surface area contributed by atoms with Gasteiger partial charge in [0.2, 0.25) is 6.29 Å². The summed E-state index contributed by atoms with van der Waals surface area (Å²) < 4.78 is 45.6. The van der Waals surface area contributed by atoms with Crippen molar-refractivity contribution in [1.29, 1.82) is 0 Å². The van der Waals surface area contributed by atoms with Crippen molar-refractivity contribution < 1.29 is 27.4 Å². The molecule has 1 N–H and O–H groups in total. The molecule has 1 aliphatic heterocycles. The average molecular weight is 332 g/mol. The van der Waals surface area contributed by atoms with Crippen molar-refractivity contribution in [2.75, 3.05) is 34.2 Å². The average Bonchev–Trinajstić information content (AvgIpc) is 3.00. The molecular weight excluding hydrogens is 312 g/mol. The van der Waals surface area contributed by atoms with Crippen LogP contribution in [0.5, 0.6) is 0 Å². The Balaban J connectivity index is 2.15. The van der Waals surface area contributed by atoms with E-state index in [1.165, 1.54) is 31.4 Å². The fourth-order valence-electron chi connectivity index (χ4n) is 1.98. The SMILES string of the molecule is COCCN(NS(=O)(=O)c1ccccc1)C1OCOC1OC. The van der Waals surface area contributed by atoms with E-state index in [1.807, 2.05) is 0 Å². The lowest BCUT2D eigenvalue weighted by Gasteiger charge is -2.29. The maximum absolute atomic E-state index is 12.4. The van der Waals surface area contributed by atoms with Crippen molar-refractivity contribution in [2.24, 2.45) is 0 Å². The lowest BCUT2D eigenvalue weighted by Crippen LogP contribution is -2.53. The molecule has 8 nitrogen and oxygen atoms in total. The molecule has 1 aromatic rings. The number of hydrogen-bond acceptors (Lipinski definition) is 7. The molecule has 0 aliphatic carbocycles. The highest BCUT2D eigenvalue weighted by molar-refractivity contribution is 7.89. The molecule has 2 rings (SSSR count). The van der Waals surface area contributed by atoms with Gasteiger partial charge < -0.3 is 18.9 Å². The molecule has 0 saturated carbocycles. The molecule has 124 valence electrons. The largest absolute Gasteiger partial charge is 0.383 e. The second-order valence-corrected chi connectivity index (χ2v) is 6.20. The van der Waals surface area contributed by atoms with Crippen LogP contribution in [0.4, 0.5) is 0 Å². The summed E-state index contributed by atoms with van der Waals surface area (Å²) in [5.41, 5.74) is 0. The maximum Gasteiger partial charge on any atom is 0.253 e. The number of ether oxygens (including phenoxy) is 4. The van der Waals surface area contributed by atoms with Gasteiger partial charge in [0.1, 0.15) is 0 Å². The summed E-state index contributed by atoms with van der Waals surface area (Å²) in [7, 11) is -0.733. The van der Waals surface area contributed by atoms with E-state index in [0.29, 0.717) is 6.61 Å². The zero-order chi connectivity index (χ0) is 16.0. The third-order valence-corrected chi connectivity index (χ3v) is 4.44. The normalized spacial score (nSPS) is 22.3. The number of benzene rings is 1. The van der Waals surface area contributed by atoms with E-state index in [-0.39, 0.29) is 18.2 Å². The minimum Gasteiger partial charge on any atom is -0.383 e. The Kier molecular flexibility index (Phi) is 6.26. The smallest absolute Gasteiger partial charge is 0.253 e. The number of hydrogen-bond donors (Lipinski definition) is 1. The molecule has 0 aromatic heterocycles. The summed E-state index contributed by atoms with van der Waals surface area (Å²) >= 11 is 0. The Morgan fingerprint density at radius 1 is 1.27 bits per heavy atom. The third-order valence-electron chi connectivity index (χ3n) is 3.07. The van der Waals surface area contributed by atoms with E-state index in [2.05, 4.69) is 4.83 Å². The molecule has 1 aliphatic rings. The molecule has 1 fully saturated rings. The first-order valence-corrected chi connectivity index (χ1v) is 8.16. The summed E-state index contributed by atoms with van der Waals surface area (Å²) in [5.74, 6) is 0. The number of rotatable bonds is 8. The number of hydrazine groups is 1. The van der Waals surface area contributed by atoms with Gasteiger partial charge in [-0.1, -0.05) is 18.2 Å². The minimum atomic E-state index is -3.73. The van der Waals surface area contributed by atoms with Gasteiger partial charge in [-0.25, -0.2) is 8.42 Å². The highest BCUT2D eigenvalue weighted by Crippen LogP contribution is 2.18. The zero-order valence-corrected chi connectivity index (χ0v) is 13.3. The van der Waals surface area contributed by atoms with Gasteiger partial charge >= 0.3 is 0 Å². The fourth-order valence-corrected chi connectivity index (χ4v) is 3.10. The van der Waals surface area contributed by atoms with Gasteiger partial charge in [0, 0.05) is 20.8 Å². The van der Waals surface area contributed by atoms with E-state index < -0.39 is 22.5 Å². The molecule has 1 heterocycles. The van der Waals surface area contributed by atoms with Crippen molar-refractivity contribution in [3.63, 3.8) is 0 Å². The molecule has 9 heteroatoms. The van der Waals surface area contributed by atoms with Gasteiger partial charge in [-0.15, -0.1) is 4.83 Å². The molecule has 0 radical (unpaired) electrons. The van der Waals surface area contributed by atoms with E-state index in [9.17, 15) is 8.42 Å². The standard InChI is InChI=1S/C13H20N2O6S/c1-18-9-8-15(12-13(19-2)21-10-20-12)14-22(16,17)11-6-4-3-5-7-11/h3-7,12-14H,8-10H2,1-2H3. The summed E-state index contributed by atoms with van der Waals surface area (Å²) in [6.07, 6.45) is -1.38. The lowest BCUT2D eigenvalue weighted by molar-refractivity contribution is -0.135. The van der Waals surface area contributed by atoms with Crippen LogP contribution in [-0.4, -0.2) is 60.1 Å². The van der Waals surface area contributed by atoms with E-state index in [1.54, 1.807) is 18.2 Å². The molecule has 0 amide bonds. The Hall–Kier alpha value is -1.07. The first kappa shape index (κ1) is 17.3. The first-order chi connectivity index (χ1) is 10.6. The van der Waals surface area contributed by atoms with Crippen LogP contribution < -0.4 is 4.83 Å². The van der Waals surface area contributed by atoms with Crippen LogP contribution in [0.1, 0.15) is 0 Å². The van der Waals surface area contributed by atoms with E-state index >= 15 is 0 Å². The summed E-state index contributed by atoms with van der Waals surface area (Å²) in [6.45, 7) is 0.615. The van der Waals surface area contributed by atoms with E-state index in [0.717, 1.165) is 0 Å². The Morgan fingerprint density at radius 2 is 2.00 bits per heavy atom. The molecule has 2 unspecified atom stereocenters. The number of nitrogens with one attached hydrogen (secondary N) is 1. The molecule has 22 heavy (non-hydrogen) atoms. The summed E-state index contributed by atoms with van der Waals surface area (Å²) in [5, 5.41) is 1.40. The third kappa shape index (κ3) is 4.23. The highest BCUT2D eigenvalue weighted by Gasteiger charge is 2.36. The van der Waals surface area contributed by atoms with Crippen LogP contribution in [0.3, 0.4) is 0 Å². The topological polar surface area (TPSA) is 86.3 Å². The first-order valence-electron chi connectivity index (χ1n) is 6.67. The van der Waals surface area contributed by atoms with Crippen molar-refractivity contribution in [3.8, 4) is 0 Å². The Labute approximate surface area is 129 Å². The van der Waals surface area contributed by atoms with Crippen LogP contribution in [0.25, 0.3) is 0 Å². The molecular formula is C13H20N2O6S. The van der Waals surface area contributed by atoms with Crippen LogP contribution in [0.2, 0.25) is 0 Å². The van der Waals surface area contributed by atoms with E-state index in [4.69, 9.17) is 18.9 Å². The van der Waals surface area contributed by atoms with Gasteiger partial charge in [-0.3, -0.25) is 0 Å². The van der Waals surface area contributed by atoms with Crippen LogP contribution in [0.15, 0.2) is 35.2 Å². The number of nitrogens with zero attached hydrogens (tertiary/aromatic N) is 1. The molecule has 2 atom stereocenters. The van der Waals surface area contributed by atoms with Crippen molar-refractivity contribution in [1.82, 2.24) is 9.84 Å². The van der Waals surface area contributed by atoms with Crippen LogP contribution in [0, 0.1) is 0 Å². The van der Waals surface area contributed by atoms with Crippen molar-refractivity contribution in [2.45, 2.75) is 17.4 Å². The molecule has 0 bridgehead atoms. The van der Waals surface area contributed by atoms with Gasteiger partial charge in [-0.2, -0.15) is 5.01 Å². The van der Waals surface area contributed by atoms with Gasteiger partial charge in [0.05, 0.1) is 11.5 Å². The monoisotopic (exact) mass is 332 g/mol. The van der Waals surface area contributed by atoms with Gasteiger partial charge in [0.15, 0.2) is 13.0 Å². The Bertz CT molecular complexity index is 553. The second-order valence-electron chi connectivity index (χ2n) is 4.54. The lowest BCUT2D eigenvalue weighted by atomic mass is 10.4. The van der Waals surface area contributed by atoms with Crippen LogP contribution in [-0.2, 0) is 29.0 Å². The number of methoxy groups -OCH3 is 2. The predicted octanol–water partition coefficient (Wildman–Crippen LogP) is 0.131. The fraction of sp³-hybridized carbons (Fsp3) is 0.538. The zero-order valence-electron chi connectivity index (χ0n) is 12.5. The predicted molar refractivity (Wildman–Crippen MR) is 77.0 cm³/mol.